The molecular weight excluding hydrogens is 308 g/mol. The SMILES string of the molecule is CC(=Nc1ccccc1-c1cc2ccccc2[nH]1)c1ccccc1O. The third-order valence-corrected chi connectivity index (χ3v) is 4.31. The summed E-state index contributed by atoms with van der Waals surface area (Å²) in [6, 6.07) is 25.6. The molecule has 0 spiro atoms. The Labute approximate surface area is 146 Å². The van der Waals surface area contributed by atoms with Crippen LogP contribution in [0.4, 0.5) is 5.69 Å². The highest BCUT2D eigenvalue weighted by atomic mass is 16.3. The van der Waals surface area contributed by atoms with E-state index in [0.29, 0.717) is 0 Å². The standard InChI is InChI=1S/C22H18N2O/c1-15(17-9-4-7-13-22(17)25)23-20-12-6-3-10-18(20)21-14-16-8-2-5-11-19(16)24-21/h2-14,24-25H,1H3. The molecule has 0 atom stereocenters. The van der Waals surface area contributed by atoms with Crippen molar-refractivity contribution >= 4 is 22.3 Å². The fourth-order valence-corrected chi connectivity index (χ4v) is 3.04. The van der Waals surface area contributed by atoms with Gasteiger partial charge in [-0.15, -0.1) is 0 Å². The van der Waals surface area contributed by atoms with Crippen LogP contribution in [0.2, 0.25) is 0 Å². The van der Waals surface area contributed by atoms with Crippen molar-refractivity contribution in [1.29, 1.82) is 0 Å². The maximum absolute atomic E-state index is 10.1. The quantitative estimate of drug-likeness (QED) is 0.467. The molecule has 0 amide bonds. The van der Waals surface area contributed by atoms with E-state index in [4.69, 9.17) is 4.99 Å². The Balaban J connectivity index is 1.82. The number of phenolic OH excluding ortho intramolecular Hbond substituents is 1. The zero-order valence-corrected chi connectivity index (χ0v) is 13.9. The minimum absolute atomic E-state index is 0.242. The second-order valence-corrected chi connectivity index (χ2v) is 6.00. The average molecular weight is 326 g/mol. The van der Waals surface area contributed by atoms with Crippen molar-refractivity contribution in [1.82, 2.24) is 4.98 Å². The highest BCUT2D eigenvalue weighted by Crippen LogP contribution is 2.32. The van der Waals surface area contributed by atoms with E-state index in [9.17, 15) is 5.11 Å². The zero-order chi connectivity index (χ0) is 17.2. The van der Waals surface area contributed by atoms with Gasteiger partial charge in [-0.25, -0.2) is 0 Å². The monoisotopic (exact) mass is 326 g/mol. The molecule has 4 rings (SSSR count). The van der Waals surface area contributed by atoms with Gasteiger partial charge in [-0.1, -0.05) is 48.5 Å². The summed E-state index contributed by atoms with van der Waals surface area (Å²) in [5, 5.41) is 11.2. The Morgan fingerprint density at radius 1 is 0.880 bits per heavy atom. The molecule has 3 nitrogen and oxygen atoms in total. The highest BCUT2D eigenvalue weighted by Gasteiger charge is 2.09. The molecule has 0 fully saturated rings. The largest absolute Gasteiger partial charge is 0.507 e. The number of para-hydroxylation sites is 3. The van der Waals surface area contributed by atoms with E-state index in [-0.39, 0.29) is 5.75 Å². The summed E-state index contributed by atoms with van der Waals surface area (Å²) >= 11 is 0. The lowest BCUT2D eigenvalue weighted by atomic mass is 10.1. The zero-order valence-electron chi connectivity index (χ0n) is 13.9. The molecule has 4 aromatic rings. The van der Waals surface area contributed by atoms with Crippen LogP contribution in [0.25, 0.3) is 22.2 Å². The summed E-state index contributed by atoms with van der Waals surface area (Å²) in [6.07, 6.45) is 0. The Morgan fingerprint density at radius 3 is 2.44 bits per heavy atom. The van der Waals surface area contributed by atoms with Crippen LogP contribution < -0.4 is 0 Å². The van der Waals surface area contributed by atoms with Crippen LogP contribution in [0, 0.1) is 0 Å². The van der Waals surface area contributed by atoms with E-state index in [1.807, 2.05) is 55.5 Å². The maximum atomic E-state index is 10.1. The van der Waals surface area contributed by atoms with Crippen LogP contribution in [0.5, 0.6) is 5.75 Å². The molecule has 3 heteroatoms. The first-order chi connectivity index (χ1) is 12.2. The number of nitrogens with zero attached hydrogens (tertiary/aromatic N) is 1. The van der Waals surface area contributed by atoms with Crippen molar-refractivity contribution in [2.45, 2.75) is 6.92 Å². The van der Waals surface area contributed by atoms with Crippen molar-refractivity contribution in [3.8, 4) is 17.0 Å². The van der Waals surface area contributed by atoms with Crippen LogP contribution >= 0.6 is 0 Å². The number of aromatic hydroxyl groups is 1. The van der Waals surface area contributed by atoms with Gasteiger partial charge in [0.25, 0.3) is 0 Å². The van der Waals surface area contributed by atoms with Crippen molar-refractivity contribution < 1.29 is 5.11 Å². The smallest absolute Gasteiger partial charge is 0.124 e. The minimum atomic E-state index is 0.242. The van der Waals surface area contributed by atoms with Crippen molar-refractivity contribution in [3.63, 3.8) is 0 Å². The molecule has 1 heterocycles. The number of aromatic nitrogens is 1. The first-order valence-electron chi connectivity index (χ1n) is 8.23. The van der Waals surface area contributed by atoms with E-state index in [0.717, 1.165) is 33.7 Å². The lowest BCUT2D eigenvalue weighted by molar-refractivity contribution is 0.474. The minimum Gasteiger partial charge on any atom is -0.507 e. The van der Waals surface area contributed by atoms with Crippen LogP contribution in [0.15, 0.2) is 83.9 Å². The van der Waals surface area contributed by atoms with Gasteiger partial charge in [0.1, 0.15) is 5.75 Å². The highest BCUT2D eigenvalue weighted by molar-refractivity contribution is 6.03. The van der Waals surface area contributed by atoms with Gasteiger partial charge in [0.05, 0.1) is 5.69 Å². The topological polar surface area (TPSA) is 48.4 Å². The molecule has 0 saturated heterocycles. The number of hydrogen-bond donors (Lipinski definition) is 2. The molecule has 0 aliphatic heterocycles. The fraction of sp³-hybridized carbons (Fsp3) is 0.0455. The Bertz CT molecular complexity index is 1040. The van der Waals surface area contributed by atoms with E-state index >= 15 is 0 Å². The third kappa shape index (κ3) is 2.92. The number of nitrogens with one attached hydrogen (secondary N) is 1. The molecule has 1 aromatic heterocycles. The number of aliphatic imine (C=N–C) groups is 1. The molecule has 0 radical (unpaired) electrons. The van der Waals surface area contributed by atoms with Gasteiger partial charge < -0.3 is 10.1 Å². The van der Waals surface area contributed by atoms with E-state index in [1.54, 1.807) is 6.07 Å². The van der Waals surface area contributed by atoms with Gasteiger partial charge in [-0.2, -0.15) is 0 Å². The average Bonchev–Trinajstić information content (AvgIpc) is 3.06. The van der Waals surface area contributed by atoms with Gasteiger partial charge in [-0.3, -0.25) is 4.99 Å². The fourth-order valence-electron chi connectivity index (χ4n) is 3.04. The summed E-state index contributed by atoms with van der Waals surface area (Å²) in [7, 11) is 0. The van der Waals surface area contributed by atoms with Crippen LogP contribution in [-0.4, -0.2) is 15.8 Å². The van der Waals surface area contributed by atoms with Gasteiger partial charge in [0.2, 0.25) is 0 Å². The molecule has 2 N–H and O–H groups in total. The number of fused-ring (bicyclic) bond motifs is 1. The van der Waals surface area contributed by atoms with E-state index in [1.165, 1.54) is 5.39 Å². The van der Waals surface area contributed by atoms with Gasteiger partial charge >= 0.3 is 0 Å². The first-order valence-corrected chi connectivity index (χ1v) is 8.23. The summed E-state index contributed by atoms with van der Waals surface area (Å²) in [4.78, 5) is 8.23. The number of H-pyrrole nitrogens is 1. The summed E-state index contributed by atoms with van der Waals surface area (Å²) < 4.78 is 0. The number of aromatic amines is 1. The third-order valence-electron chi connectivity index (χ3n) is 4.31. The molecule has 0 aliphatic rings. The molecule has 3 aromatic carbocycles. The lowest BCUT2D eigenvalue weighted by Crippen LogP contribution is -1.94. The molecule has 0 unspecified atom stereocenters. The summed E-state index contributed by atoms with van der Waals surface area (Å²) in [5.74, 6) is 0.242. The van der Waals surface area contributed by atoms with Crippen molar-refractivity contribution in [3.05, 3.63) is 84.4 Å². The van der Waals surface area contributed by atoms with Crippen LogP contribution in [0.1, 0.15) is 12.5 Å². The molecule has 0 saturated carbocycles. The Morgan fingerprint density at radius 2 is 1.60 bits per heavy atom. The Hall–Kier alpha value is -3.33. The number of phenols is 1. The van der Waals surface area contributed by atoms with Gasteiger partial charge in [0, 0.05) is 33.4 Å². The lowest BCUT2D eigenvalue weighted by Gasteiger charge is -2.07. The molecule has 122 valence electrons. The number of rotatable bonds is 3. The van der Waals surface area contributed by atoms with Gasteiger partial charge in [-0.05, 0) is 37.3 Å². The predicted octanol–water partition coefficient (Wildman–Crippen LogP) is 5.68. The summed E-state index contributed by atoms with van der Waals surface area (Å²) in [5.41, 5.74) is 5.57. The van der Waals surface area contributed by atoms with Crippen LogP contribution in [0.3, 0.4) is 0 Å². The van der Waals surface area contributed by atoms with Gasteiger partial charge in [0.15, 0.2) is 0 Å². The van der Waals surface area contributed by atoms with E-state index in [2.05, 4.69) is 29.2 Å². The molecular formula is C22H18N2O. The van der Waals surface area contributed by atoms with Crippen molar-refractivity contribution in [2.24, 2.45) is 4.99 Å². The normalized spacial score (nSPS) is 11.8. The number of hydrogen-bond acceptors (Lipinski definition) is 2. The van der Waals surface area contributed by atoms with Crippen molar-refractivity contribution in [2.75, 3.05) is 0 Å². The Kier molecular flexibility index (Phi) is 3.82. The van der Waals surface area contributed by atoms with E-state index < -0.39 is 0 Å². The number of benzene rings is 3. The summed E-state index contributed by atoms with van der Waals surface area (Å²) in [6.45, 7) is 1.91. The molecule has 0 bridgehead atoms. The maximum Gasteiger partial charge on any atom is 0.124 e. The van der Waals surface area contributed by atoms with Crippen LogP contribution in [-0.2, 0) is 0 Å². The molecule has 25 heavy (non-hydrogen) atoms. The predicted molar refractivity (Wildman–Crippen MR) is 104 cm³/mol. The second-order valence-electron chi connectivity index (χ2n) is 6.00. The molecule has 0 aliphatic carbocycles. The second kappa shape index (κ2) is 6.29. The first kappa shape index (κ1) is 15.2.